The molecule has 0 spiro atoms. The third-order valence-corrected chi connectivity index (χ3v) is 4.94. The number of nitrogens with zero attached hydrogens (tertiary/aromatic N) is 1. The van der Waals surface area contributed by atoms with Gasteiger partial charge in [0.25, 0.3) is 0 Å². The standard InChI is InChI=1S/C16H32N2/c1-17-13-12-16-11-7-8-14-18(16)15-9-5-3-2-4-6-10-15/h15-17H,2-14H2,1H3. The molecule has 1 saturated carbocycles. The molecule has 0 bridgehead atoms. The molecule has 0 aromatic carbocycles. The maximum Gasteiger partial charge on any atom is 0.0110 e. The zero-order valence-electron chi connectivity index (χ0n) is 12.3. The van der Waals surface area contributed by atoms with E-state index in [1.165, 1.54) is 83.7 Å². The molecule has 2 aliphatic rings. The number of likely N-dealkylation sites (tertiary alicyclic amines) is 1. The normalized spacial score (nSPS) is 28.8. The van der Waals surface area contributed by atoms with Gasteiger partial charge in [-0.15, -0.1) is 0 Å². The van der Waals surface area contributed by atoms with Gasteiger partial charge in [-0.25, -0.2) is 0 Å². The summed E-state index contributed by atoms with van der Waals surface area (Å²) >= 11 is 0. The smallest absolute Gasteiger partial charge is 0.0110 e. The van der Waals surface area contributed by atoms with Crippen LogP contribution < -0.4 is 5.32 Å². The summed E-state index contributed by atoms with van der Waals surface area (Å²) in [5.41, 5.74) is 0. The van der Waals surface area contributed by atoms with Crippen LogP contribution in [-0.2, 0) is 0 Å². The number of rotatable bonds is 4. The first kappa shape index (κ1) is 14.3. The minimum absolute atomic E-state index is 0.871. The van der Waals surface area contributed by atoms with Crippen LogP contribution in [0.15, 0.2) is 0 Å². The van der Waals surface area contributed by atoms with E-state index in [9.17, 15) is 0 Å². The van der Waals surface area contributed by atoms with Crippen molar-refractivity contribution in [2.45, 2.75) is 82.7 Å². The lowest BCUT2D eigenvalue weighted by Gasteiger charge is -2.42. The van der Waals surface area contributed by atoms with Gasteiger partial charge < -0.3 is 5.32 Å². The molecule has 1 heterocycles. The molecule has 0 aromatic heterocycles. The van der Waals surface area contributed by atoms with Gasteiger partial charge in [-0.2, -0.15) is 0 Å². The molecule has 1 aliphatic carbocycles. The van der Waals surface area contributed by atoms with Crippen LogP contribution in [0.4, 0.5) is 0 Å². The Bertz CT molecular complexity index is 209. The fourth-order valence-electron chi connectivity index (χ4n) is 3.89. The molecule has 2 heteroatoms. The van der Waals surface area contributed by atoms with Gasteiger partial charge in [0.2, 0.25) is 0 Å². The predicted octanol–water partition coefficient (Wildman–Crippen LogP) is 3.56. The van der Waals surface area contributed by atoms with Crippen molar-refractivity contribution in [2.24, 2.45) is 0 Å². The summed E-state index contributed by atoms with van der Waals surface area (Å²) < 4.78 is 0. The van der Waals surface area contributed by atoms with Crippen molar-refractivity contribution < 1.29 is 0 Å². The van der Waals surface area contributed by atoms with E-state index in [0.29, 0.717) is 0 Å². The first-order valence-electron chi connectivity index (χ1n) is 8.32. The Morgan fingerprint density at radius 1 is 0.889 bits per heavy atom. The highest BCUT2D eigenvalue weighted by atomic mass is 15.2. The zero-order valence-corrected chi connectivity index (χ0v) is 12.3. The minimum Gasteiger partial charge on any atom is -0.320 e. The van der Waals surface area contributed by atoms with Crippen LogP contribution in [0.2, 0.25) is 0 Å². The number of hydrogen-bond acceptors (Lipinski definition) is 2. The summed E-state index contributed by atoms with van der Waals surface area (Å²) in [6.45, 7) is 2.56. The average Bonchev–Trinajstić information content (AvgIpc) is 2.37. The highest BCUT2D eigenvalue weighted by molar-refractivity contribution is 4.84. The Kier molecular flexibility index (Phi) is 6.50. The Morgan fingerprint density at radius 3 is 2.28 bits per heavy atom. The maximum atomic E-state index is 3.33. The Balaban J connectivity index is 1.88. The van der Waals surface area contributed by atoms with Gasteiger partial charge >= 0.3 is 0 Å². The van der Waals surface area contributed by atoms with Gasteiger partial charge in [0.15, 0.2) is 0 Å². The summed E-state index contributed by atoms with van der Waals surface area (Å²) in [7, 11) is 2.09. The lowest BCUT2D eigenvalue weighted by molar-refractivity contribution is 0.0738. The van der Waals surface area contributed by atoms with Crippen LogP contribution in [-0.4, -0.2) is 37.1 Å². The first-order chi connectivity index (χ1) is 8.92. The SMILES string of the molecule is CNCCC1CCCCN1C1CCCCCCC1. The Hall–Kier alpha value is -0.0800. The molecule has 2 rings (SSSR count). The van der Waals surface area contributed by atoms with Crippen LogP contribution in [0.5, 0.6) is 0 Å². The summed E-state index contributed by atoms with van der Waals surface area (Å²) in [6.07, 6.45) is 16.0. The second-order valence-corrected chi connectivity index (χ2v) is 6.28. The van der Waals surface area contributed by atoms with Crippen molar-refractivity contribution >= 4 is 0 Å². The van der Waals surface area contributed by atoms with Crippen molar-refractivity contribution in [2.75, 3.05) is 20.1 Å². The third-order valence-electron chi connectivity index (χ3n) is 4.94. The molecule has 0 aromatic rings. The summed E-state index contributed by atoms with van der Waals surface area (Å²) in [4.78, 5) is 2.90. The van der Waals surface area contributed by atoms with Gasteiger partial charge in [0.05, 0.1) is 0 Å². The summed E-state index contributed by atoms with van der Waals surface area (Å²) in [5, 5.41) is 3.33. The van der Waals surface area contributed by atoms with Crippen molar-refractivity contribution in [1.82, 2.24) is 10.2 Å². The van der Waals surface area contributed by atoms with E-state index in [2.05, 4.69) is 17.3 Å². The van der Waals surface area contributed by atoms with Gasteiger partial charge in [-0.3, -0.25) is 4.90 Å². The number of nitrogens with one attached hydrogen (secondary N) is 1. The molecular weight excluding hydrogens is 220 g/mol. The molecule has 1 aliphatic heterocycles. The topological polar surface area (TPSA) is 15.3 Å². The first-order valence-corrected chi connectivity index (χ1v) is 8.32. The van der Waals surface area contributed by atoms with E-state index in [1.54, 1.807) is 0 Å². The lowest BCUT2D eigenvalue weighted by Crippen LogP contribution is -2.47. The molecule has 18 heavy (non-hydrogen) atoms. The number of hydrogen-bond donors (Lipinski definition) is 1. The van der Waals surface area contributed by atoms with Crippen molar-refractivity contribution in [3.63, 3.8) is 0 Å². The van der Waals surface area contributed by atoms with Gasteiger partial charge in [-0.05, 0) is 52.2 Å². The fourth-order valence-corrected chi connectivity index (χ4v) is 3.89. The van der Waals surface area contributed by atoms with E-state index in [4.69, 9.17) is 0 Å². The van der Waals surface area contributed by atoms with E-state index < -0.39 is 0 Å². The zero-order chi connectivity index (χ0) is 12.6. The molecule has 2 nitrogen and oxygen atoms in total. The highest BCUT2D eigenvalue weighted by Gasteiger charge is 2.28. The summed E-state index contributed by atoms with van der Waals surface area (Å²) in [5.74, 6) is 0. The van der Waals surface area contributed by atoms with Crippen LogP contribution in [0.25, 0.3) is 0 Å². The monoisotopic (exact) mass is 252 g/mol. The van der Waals surface area contributed by atoms with E-state index in [0.717, 1.165) is 12.1 Å². The van der Waals surface area contributed by atoms with Gasteiger partial charge in [0, 0.05) is 12.1 Å². The second kappa shape index (κ2) is 8.16. The van der Waals surface area contributed by atoms with Gasteiger partial charge in [-0.1, -0.05) is 38.5 Å². The molecule has 1 saturated heterocycles. The quantitative estimate of drug-likeness (QED) is 0.823. The van der Waals surface area contributed by atoms with E-state index in [-0.39, 0.29) is 0 Å². The van der Waals surface area contributed by atoms with Crippen LogP contribution in [0.3, 0.4) is 0 Å². The molecule has 2 fully saturated rings. The minimum atomic E-state index is 0.871. The van der Waals surface area contributed by atoms with Crippen molar-refractivity contribution in [1.29, 1.82) is 0 Å². The molecule has 1 unspecified atom stereocenters. The second-order valence-electron chi connectivity index (χ2n) is 6.28. The molecule has 0 amide bonds. The molecule has 106 valence electrons. The van der Waals surface area contributed by atoms with Crippen molar-refractivity contribution in [3.05, 3.63) is 0 Å². The maximum absolute atomic E-state index is 3.33. The van der Waals surface area contributed by atoms with E-state index in [1.807, 2.05) is 0 Å². The molecule has 1 atom stereocenters. The van der Waals surface area contributed by atoms with Crippen LogP contribution in [0, 0.1) is 0 Å². The summed E-state index contributed by atoms with van der Waals surface area (Å²) in [6, 6.07) is 1.78. The Labute approximate surface area is 114 Å². The van der Waals surface area contributed by atoms with Crippen LogP contribution in [0.1, 0.15) is 70.6 Å². The molecular formula is C16H32N2. The molecule has 0 radical (unpaired) electrons. The highest BCUT2D eigenvalue weighted by Crippen LogP contribution is 2.28. The van der Waals surface area contributed by atoms with Crippen LogP contribution >= 0.6 is 0 Å². The lowest BCUT2D eigenvalue weighted by atomic mass is 9.90. The van der Waals surface area contributed by atoms with E-state index >= 15 is 0 Å². The predicted molar refractivity (Wildman–Crippen MR) is 79.0 cm³/mol. The Morgan fingerprint density at radius 2 is 1.56 bits per heavy atom. The van der Waals surface area contributed by atoms with Crippen molar-refractivity contribution in [3.8, 4) is 0 Å². The largest absolute Gasteiger partial charge is 0.320 e. The average molecular weight is 252 g/mol. The van der Waals surface area contributed by atoms with Gasteiger partial charge in [0.1, 0.15) is 0 Å². The molecule has 1 N–H and O–H groups in total. The fraction of sp³-hybridized carbons (Fsp3) is 1.00. The third kappa shape index (κ3) is 4.24. The number of piperidine rings is 1.